The fourth-order valence-electron chi connectivity index (χ4n) is 1.70. The molecule has 0 unspecified atom stereocenters. The largest absolute Gasteiger partial charge is 0.490 e. The van der Waals surface area contributed by atoms with Crippen LogP contribution in [0.5, 0.6) is 5.75 Å². The minimum absolute atomic E-state index is 0.0279. The highest BCUT2D eigenvalue weighted by molar-refractivity contribution is 9.13. The van der Waals surface area contributed by atoms with Crippen molar-refractivity contribution in [2.75, 3.05) is 12.4 Å². The second-order valence-corrected chi connectivity index (χ2v) is 7.92. The van der Waals surface area contributed by atoms with Gasteiger partial charge >= 0.3 is 5.69 Å². The van der Waals surface area contributed by atoms with Crippen LogP contribution < -0.4 is 15.4 Å². The Morgan fingerprint density at radius 2 is 2.08 bits per heavy atom. The van der Waals surface area contributed by atoms with E-state index < -0.39 is 4.92 Å². The number of hydrogen-bond acceptors (Lipinski definition) is 6. The summed E-state index contributed by atoms with van der Waals surface area (Å²) in [6, 6.07) is 5.93. The first-order valence-electron chi connectivity index (χ1n) is 6.21. The van der Waals surface area contributed by atoms with Crippen LogP contribution in [0.4, 0.5) is 11.4 Å². The number of carbonyl (C=O) groups is 1. The maximum Gasteiger partial charge on any atom is 0.312 e. The number of thiophene rings is 1. The van der Waals surface area contributed by atoms with Crippen LogP contribution in [0, 0.1) is 10.1 Å². The van der Waals surface area contributed by atoms with Gasteiger partial charge in [-0.1, -0.05) is 0 Å². The van der Waals surface area contributed by atoms with Gasteiger partial charge in [0, 0.05) is 16.2 Å². The minimum atomic E-state index is -0.563. The molecule has 2 rings (SSSR count). The van der Waals surface area contributed by atoms with Crippen molar-refractivity contribution >= 4 is 77.8 Å². The van der Waals surface area contributed by atoms with E-state index in [1.54, 1.807) is 12.1 Å². The lowest BCUT2D eigenvalue weighted by Crippen LogP contribution is -2.33. The number of nitrogens with zero attached hydrogens (tertiary/aromatic N) is 1. The van der Waals surface area contributed by atoms with E-state index >= 15 is 0 Å². The number of halogens is 2. The highest BCUT2D eigenvalue weighted by Crippen LogP contribution is 2.32. The molecule has 11 heteroatoms. The molecule has 0 bridgehead atoms. The van der Waals surface area contributed by atoms with Crippen molar-refractivity contribution in [3.8, 4) is 5.75 Å². The van der Waals surface area contributed by atoms with Gasteiger partial charge in [-0.2, -0.15) is 0 Å². The third kappa shape index (κ3) is 4.50. The molecule has 0 spiro atoms. The number of ether oxygens (including phenoxy) is 1. The lowest BCUT2D eigenvalue weighted by Gasteiger charge is -2.09. The van der Waals surface area contributed by atoms with Crippen LogP contribution in [-0.4, -0.2) is 23.1 Å². The lowest BCUT2D eigenvalue weighted by atomic mass is 10.2. The molecular formula is C13H9Br2N3O4S2. The Morgan fingerprint density at radius 3 is 2.62 bits per heavy atom. The highest BCUT2D eigenvalue weighted by Gasteiger charge is 2.17. The second-order valence-electron chi connectivity index (χ2n) is 4.28. The fraction of sp³-hybridized carbons (Fsp3) is 0.0769. The van der Waals surface area contributed by atoms with E-state index in [0.29, 0.717) is 10.6 Å². The van der Waals surface area contributed by atoms with Crippen LogP contribution in [0.25, 0.3) is 0 Å². The van der Waals surface area contributed by atoms with Crippen LogP contribution in [0.3, 0.4) is 0 Å². The van der Waals surface area contributed by atoms with E-state index in [1.807, 2.05) is 0 Å². The van der Waals surface area contributed by atoms with Gasteiger partial charge in [-0.3, -0.25) is 20.2 Å². The summed E-state index contributed by atoms with van der Waals surface area (Å²) in [5.74, 6) is -0.249. The molecule has 0 atom stereocenters. The normalized spacial score (nSPS) is 10.1. The summed E-state index contributed by atoms with van der Waals surface area (Å²) in [7, 11) is 1.34. The summed E-state index contributed by atoms with van der Waals surface area (Å²) in [5.41, 5.74) is 0.157. The molecule has 0 fully saturated rings. The molecule has 1 aromatic carbocycles. The highest BCUT2D eigenvalue weighted by atomic mass is 79.9. The monoisotopic (exact) mass is 493 g/mol. The second kappa shape index (κ2) is 8.01. The van der Waals surface area contributed by atoms with E-state index in [9.17, 15) is 14.9 Å². The summed E-state index contributed by atoms with van der Waals surface area (Å²) >= 11 is 12.9. The van der Waals surface area contributed by atoms with Crippen LogP contribution in [0.2, 0.25) is 0 Å². The summed E-state index contributed by atoms with van der Waals surface area (Å²) in [6.07, 6.45) is 0. The van der Waals surface area contributed by atoms with Gasteiger partial charge < -0.3 is 10.1 Å². The smallest absolute Gasteiger partial charge is 0.312 e. The Balaban J connectivity index is 2.08. The first-order valence-corrected chi connectivity index (χ1v) is 9.02. The van der Waals surface area contributed by atoms with Crippen molar-refractivity contribution < 1.29 is 14.5 Å². The predicted molar refractivity (Wildman–Crippen MR) is 103 cm³/mol. The summed E-state index contributed by atoms with van der Waals surface area (Å²) in [4.78, 5) is 23.0. The first-order chi connectivity index (χ1) is 11.3. The lowest BCUT2D eigenvalue weighted by molar-refractivity contribution is -0.385. The minimum Gasteiger partial charge on any atom is -0.490 e. The van der Waals surface area contributed by atoms with Gasteiger partial charge in [0.15, 0.2) is 10.9 Å². The standard InChI is InChI=1S/C13H9Br2N3O4S2/c1-22-9-3-2-6(4-8(9)18(20)21)16-13(23)17-12(19)10-5-7(14)11(15)24-10/h2-5H,1H3,(H2,16,17,19,23). The molecule has 1 aromatic heterocycles. The fourth-order valence-corrected chi connectivity index (χ4v) is 3.84. The van der Waals surface area contributed by atoms with E-state index in [1.165, 1.54) is 30.6 Å². The maximum atomic E-state index is 12.1. The molecule has 2 aromatic rings. The maximum absolute atomic E-state index is 12.1. The summed E-state index contributed by atoms with van der Waals surface area (Å²) < 4.78 is 6.48. The van der Waals surface area contributed by atoms with Crippen LogP contribution in [-0.2, 0) is 0 Å². The number of nitro groups is 1. The number of thiocarbonyl (C=S) groups is 1. The van der Waals surface area contributed by atoms with Crippen LogP contribution >= 0.6 is 55.4 Å². The van der Waals surface area contributed by atoms with Gasteiger partial charge in [0.25, 0.3) is 5.91 Å². The molecule has 24 heavy (non-hydrogen) atoms. The number of rotatable bonds is 4. The molecule has 0 saturated heterocycles. The number of carbonyl (C=O) groups excluding carboxylic acids is 1. The van der Waals surface area contributed by atoms with E-state index in [0.717, 1.165) is 8.26 Å². The van der Waals surface area contributed by atoms with Gasteiger partial charge in [-0.15, -0.1) is 11.3 Å². The Bertz CT molecular complexity index is 806. The molecule has 0 aliphatic rings. The number of methoxy groups -OCH3 is 1. The number of amides is 1. The van der Waals surface area contributed by atoms with Crippen molar-refractivity contribution in [1.82, 2.24) is 5.32 Å². The molecule has 2 N–H and O–H groups in total. The van der Waals surface area contributed by atoms with Crippen molar-refractivity contribution in [2.24, 2.45) is 0 Å². The molecule has 1 heterocycles. The van der Waals surface area contributed by atoms with Gasteiger partial charge in [0.2, 0.25) is 0 Å². The molecule has 0 saturated carbocycles. The third-order valence-corrected chi connectivity index (χ3v) is 6.19. The molecule has 0 aliphatic carbocycles. The van der Waals surface area contributed by atoms with E-state index in [2.05, 4.69) is 42.5 Å². The van der Waals surface area contributed by atoms with Gasteiger partial charge in [0.05, 0.1) is 20.7 Å². The number of hydrogen-bond donors (Lipinski definition) is 2. The number of benzene rings is 1. The quantitative estimate of drug-likeness (QED) is 0.373. The van der Waals surface area contributed by atoms with E-state index in [-0.39, 0.29) is 22.5 Å². The summed E-state index contributed by atoms with van der Waals surface area (Å²) in [5, 5.41) is 16.3. The van der Waals surface area contributed by atoms with Crippen LogP contribution in [0.15, 0.2) is 32.5 Å². The average Bonchev–Trinajstić information content (AvgIpc) is 2.86. The Kier molecular flexibility index (Phi) is 6.27. The van der Waals surface area contributed by atoms with E-state index in [4.69, 9.17) is 17.0 Å². The number of nitrogens with one attached hydrogen (secondary N) is 2. The first kappa shape index (κ1) is 18.8. The van der Waals surface area contributed by atoms with Gasteiger partial charge in [-0.25, -0.2) is 0 Å². The Hall–Kier alpha value is -1.56. The molecule has 7 nitrogen and oxygen atoms in total. The Morgan fingerprint density at radius 1 is 1.38 bits per heavy atom. The third-order valence-electron chi connectivity index (χ3n) is 2.73. The zero-order chi connectivity index (χ0) is 17.9. The van der Waals surface area contributed by atoms with Crippen LogP contribution in [0.1, 0.15) is 9.67 Å². The molecule has 1 amide bonds. The zero-order valence-corrected chi connectivity index (χ0v) is 16.8. The number of nitro benzene ring substituents is 1. The molecule has 0 aliphatic heterocycles. The average molecular weight is 495 g/mol. The van der Waals surface area contributed by atoms with Gasteiger partial charge in [-0.05, 0) is 62.3 Å². The zero-order valence-electron chi connectivity index (χ0n) is 12.0. The van der Waals surface area contributed by atoms with Gasteiger partial charge in [0.1, 0.15) is 0 Å². The van der Waals surface area contributed by atoms with Crippen molar-refractivity contribution in [1.29, 1.82) is 0 Å². The summed E-state index contributed by atoms with van der Waals surface area (Å²) in [6.45, 7) is 0. The topological polar surface area (TPSA) is 93.5 Å². The van der Waals surface area contributed by atoms with Crippen molar-refractivity contribution in [3.63, 3.8) is 0 Å². The SMILES string of the molecule is COc1ccc(NC(=S)NC(=O)c2cc(Br)c(Br)s2)cc1[N+](=O)[O-]. The van der Waals surface area contributed by atoms with Crippen molar-refractivity contribution in [3.05, 3.63) is 47.5 Å². The molecule has 0 radical (unpaired) electrons. The predicted octanol–water partition coefficient (Wildman–Crippen LogP) is 4.32. The Labute approximate surface area is 162 Å². The number of anilines is 1. The van der Waals surface area contributed by atoms with Crippen molar-refractivity contribution in [2.45, 2.75) is 0 Å². The molecule has 126 valence electrons. The molecular weight excluding hydrogens is 486 g/mol.